The van der Waals surface area contributed by atoms with Crippen molar-refractivity contribution < 1.29 is 4.42 Å². The van der Waals surface area contributed by atoms with Gasteiger partial charge in [0.25, 0.3) is 0 Å². The number of aryl methyl sites for hydroxylation is 1. The molecule has 0 atom stereocenters. The minimum absolute atomic E-state index is 0.309. The van der Waals surface area contributed by atoms with Gasteiger partial charge in [-0.3, -0.25) is 0 Å². The highest BCUT2D eigenvalue weighted by Gasteiger charge is 2.17. The Hall–Kier alpha value is -2.07. The van der Waals surface area contributed by atoms with E-state index >= 15 is 0 Å². The summed E-state index contributed by atoms with van der Waals surface area (Å²) in [6.07, 6.45) is 0.888. The predicted octanol–water partition coefficient (Wildman–Crippen LogP) is 3.90. The summed E-state index contributed by atoms with van der Waals surface area (Å²) in [6, 6.07) is 10.5. The molecule has 0 bridgehead atoms. The third-order valence-electron chi connectivity index (χ3n) is 3.74. The Kier molecular flexibility index (Phi) is 3.55. The summed E-state index contributed by atoms with van der Waals surface area (Å²) in [6.45, 7) is 6.93. The van der Waals surface area contributed by atoms with E-state index in [1.807, 2.05) is 12.1 Å². The SMILES string of the molecule is CCc1ccc(-c2nc3cc(CN)ccc3n2C(C)C)o1. The Labute approximate surface area is 124 Å². The molecule has 0 aliphatic rings. The van der Waals surface area contributed by atoms with Crippen LogP contribution in [0.3, 0.4) is 0 Å². The second-order valence-electron chi connectivity index (χ2n) is 5.55. The second-order valence-corrected chi connectivity index (χ2v) is 5.55. The van der Waals surface area contributed by atoms with Crippen molar-refractivity contribution in [1.29, 1.82) is 0 Å². The molecule has 110 valence electrons. The molecule has 0 saturated heterocycles. The van der Waals surface area contributed by atoms with Crippen LogP contribution in [-0.2, 0) is 13.0 Å². The van der Waals surface area contributed by atoms with Gasteiger partial charge < -0.3 is 14.7 Å². The van der Waals surface area contributed by atoms with Crippen LogP contribution < -0.4 is 5.73 Å². The lowest BCUT2D eigenvalue weighted by atomic mass is 10.2. The van der Waals surface area contributed by atoms with Crippen LogP contribution in [0.5, 0.6) is 0 Å². The Morgan fingerprint density at radius 2 is 2.05 bits per heavy atom. The Bertz CT molecular complexity index is 768. The Morgan fingerprint density at radius 3 is 2.67 bits per heavy atom. The van der Waals surface area contributed by atoms with E-state index in [4.69, 9.17) is 15.1 Å². The van der Waals surface area contributed by atoms with Crippen molar-refractivity contribution in [3.05, 3.63) is 41.7 Å². The molecule has 0 radical (unpaired) electrons. The molecule has 3 aromatic rings. The van der Waals surface area contributed by atoms with E-state index in [1.165, 1.54) is 0 Å². The molecule has 0 fully saturated rings. The van der Waals surface area contributed by atoms with Crippen LogP contribution in [0, 0.1) is 0 Å². The van der Waals surface area contributed by atoms with Gasteiger partial charge in [-0.05, 0) is 43.7 Å². The zero-order valence-corrected chi connectivity index (χ0v) is 12.8. The van der Waals surface area contributed by atoms with E-state index in [1.54, 1.807) is 0 Å². The van der Waals surface area contributed by atoms with Crippen molar-refractivity contribution in [3.63, 3.8) is 0 Å². The lowest BCUT2D eigenvalue weighted by Crippen LogP contribution is -2.02. The average molecular weight is 283 g/mol. The second kappa shape index (κ2) is 5.37. The number of rotatable bonds is 4. The average Bonchev–Trinajstić information content (AvgIpc) is 3.09. The maximum Gasteiger partial charge on any atom is 0.177 e. The summed E-state index contributed by atoms with van der Waals surface area (Å²) in [4.78, 5) is 4.77. The highest BCUT2D eigenvalue weighted by Crippen LogP contribution is 2.30. The molecule has 21 heavy (non-hydrogen) atoms. The van der Waals surface area contributed by atoms with E-state index in [-0.39, 0.29) is 0 Å². The molecule has 0 amide bonds. The number of hydrogen-bond donors (Lipinski definition) is 1. The number of fused-ring (bicyclic) bond motifs is 1. The molecule has 0 aliphatic heterocycles. The number of aromatic nitrogens is 2. The van der Waals surface area contributed by atoms with E-state index in [0.717, 1.165) is 40.4 Å². The molecular weight excluding hydrogens is 262 g/mol. The number of furan rings is 1. The summed E-state index contributed by atoms with van der Waals surface area (Å²) in [5.74, 6) is 2.69. The van der Waals surface area contributed by atoms with Gasteiger partial charge in [0.05, 0.1) is 11.0 Å². The zero-order chi connectivity index (χ0) is 15.0. The normalized spacial score (nSPS) is 11.7. The first-order chi connectivity index (χ1) is 10.1. The minimum Gasteiger partial charge on any atom is -0.458 e. The van der Waals surface area contributed by atoms with Crippen molar-refractivity contribution >= 4 is 11.0 Å². The fourth-order valence-corrected chi connectivity index (χ4v) is 2.66. The van der Waals surface area contributed by atoms with Gasteiger partial charge in [-0.25, -0.2) is 4.98 Å². The van der Waals surface area contributed by atoms with Crippen LogP contribution in [0.25, 0.3) is 22.6 Å². The number of nitrogens with zero attached hydrogens (tertiary/aromatic N) is 2. The number of benzene rings is 1. The van der Waals surface area contributed by atoms with Gasteiger partial charge >= 0.3 is 0 Å². The molecule has 0 spiro atoms. The van der Waals surface area contributed by atoms with Crippen molar-refractivity contribution in [2.75, 3.05) is 0 Å². The number of nitrogens with two attached hydrogens (primary N) is 1. The third kappa shape index (κ3) is 2.36. The van der Waals surface area contributed by atoms with Gasteiger partial charge in [0.2, 0.25) is 0 Å². The predicted molar refractivity (Wildman–Crippen MR) is 85.1 cm³/mol. The monoisotopic (exact) mass is 283 g/mol. The maximum atomic E-state index is 5.89. The highest BCUT2D eigenvalue weighted by molar-refractivity contribution is 5.80. The molecule has 4 nitrogen and oxygen atoms in total. The van der Waals surface area contributed by atoms with Crippen LogP contribution in [0.1, 0.15) is 38.1 Å². The lowest BCUT2D eigenvalue weighted by molar-refractivity contribution is 0.516. The van der Waals surface area contributed by atoms with Crippen LogP contribution in [0.4, 0.5) is 0 Å². The fraction of sp³-hybridized carbons (Fsp3) is 0.353. The largest absolute Gasteiger partial charge is 0.458 e. The van der Waals surface area contributed by atoms with Crippen LogP contribution >= 0.6 is 0 Å². The summed E-state index contributed by atoms with van der Waals surface area (Å²) in [5, 5.41) is 0. The van der Waals surface area contributed by atoms with E-state index in [2.05, 4.69) is 43.5 Å². The Morgan fingerprint density at radius 1 is 1.24 bits per heavy atom. The molecular formula is C17H21N3O. The van der Waals surface area contributed by atoms with Gasteiger partial charge in [-0.1, -0.05) is 13.0 Å². The van der Waals surface area contributed by atoms with Crippen LogP contribution in [0.15, 0.2) is 34.7 Å². The molecule has 2 aromatic heterocycles. The van der Waals surface area contributed by atoms with Gasteiger partial charge in [0, 0.05) is 19.0 Å². The zero-order valence-electron chi connectivity index (χ0n) is 12.8. The maximum absolute atomic E-state index is 5.89. The number of hydrogen-bond acceptors (Lipinski definition) is 3. The summed E-state index contributed by atoms with van der Waals surface area (Å²) >= 11 is 0. The highest BCUT2D eigenvalue weighted by atomic mass is 16.3. The smallest absolute Gasteiger partial charge is 0.177 e. The third-order valence-corrected chi connectivity index (χ3v) is 3.74. The van der Waals surface area contributed by atoms with Crippen molar-refractivity contribution in [2.45, 2.75) is 39.8 Å². The topological polar surface area (TPSA) is 57.0 Å². The summed E-state index contributed by atoms with van der Waals surface area (Å²) in [7, 11) is 0. The van der Waals surface area contributed by atoms with Gasteiger partial charge in [0.1, 0.15) is 5.76 Å². The number of imidazole rings is 1. The van der Waals surface area contributed by atoms with Crippen LogP contribution in [0.2, 0.25) is 0 Å². The molecule has 0 aliphatic carbocycles. The standard InChI is InChI=1S/C17H21N3O/c1-4-13-6-8-16(21-13)17-19-14-9-12(10-18)5-7-15(14)20(17)11(2)3/h5-9,11H,4,10,18H2,1-3H3. The van der Waals surface area contributed by atoms with Crippen molar-refractivity contribution in [3.8, 4) is 11.6 Å². The first-order valence-corrected chi connectivity index (χ1v) is 7.44. The molecule has 2 heterocycles. The summed E-state index contributed by atoms with van der Waals surface area (Å²) in [5.41, 5.74) is 8.90. The first-order valence-electron chi connectivity index (χ1n) is 7.44. The molecule has 0 saturated carbocycles. The van der Waals surface area contributed by atoms with E-state index < -0.39 is 0 Å². The van der Waals surface area contributed by atoms with E-state index in [9.17, 15) is 0 Å². The van der Waals surface area contributed by atoms with Gasteiger partial charge in [-0.2, -0.15) is 0 Å². The van der Waals surface area contributed by atoms with Crippen molar-refractivity contribution in [1.82, 2.24) is 9.55 Å². The molecule has 1 aromatic carbocycles. The first kappa shape index (κ1) is 13.9. The molecule has 2 N–H and O–H groups in total. The summed E-state index contributed by atoms with van der Waals surface area (Å²) < 4.78 is 8.10. The molecule has 0 unspecified atom stereocenters. The van der Waals surface area contributed by atoms with Gasteiger partial charge in [0.15, 0.2) is 11.6 Å². The lowest BCUT2D eigenvalue weighted by Gasteiger charge is -2.11. The van der Waals surface area contributed by atoms with Crippen LogP contribution in [-0.4, -0.2) is 9.55 Å². The Balaban J connectivity index is 2.22. The molecule has 3 rings (SSSR count). The van der Waals surface area contributed by atoms with Gasteiger partial charge in [-0.15, -0.1) is 0 Å². The minimum atomic E-state index is 0.309. The van der Waals surface area contributed by atoms with E-state index in [0.29, 0.717) is 12.6 Å². The van der Waals surface area contributed by atoms with Crippen molar-refractivity contribution in [2.24, 2.45) is 5.73 Å². The quantitative estimate of drug-likeness (QED) is 0.790. The fourth-order valence-electron chi connectivity index (χ4n) is 2.66. The molecule has 4 heteroatoms.